The highest BCUT2D eigenvalue weighted by molar-refractivity contribution is 6.64. The van der Waals surface area contributed by atoms with Gasteiger partial charge in [-0.25, -0.2) is 0 Å². The van der Waals surface area contributed by atoms with E-state index < -0.39 is 5.24 Å². The molecule has 0 saturated carbocycles. The summed E-state index contributed by atoms with van der Waals surface area (Å²) in [4.78, 5) is 23.7. The van der Waals surface area contributed by atoms with Crippen molar-refractivity contribution in [3.63, 3.8) is 0 Å². The Balaban J connectivity index is 2.63. The molecule has 1 rings (SSSR count). The van der Waals surface area contributed by atoms with Crippen molar-refractivity contribution in [2.75, 3.05) is 6.54 Å². The van der Waals surface area contributed by atoms with Crippen molar-refractivity contribution in [3.05, 3.63) is 0 Å². The van der Waals surface area contributed by atoms with Crippen LogP contribution >= 0.6 is 11.6 Å². The van der Waals surface area contributed by atoms with Crippen molar-refractivity contribution in [3.8, 4) is 0 Å². The molecule has 1 amide bonds. The monoisotopic (exact) mass is 189 g/mol. The topological polar surface area (TPSA) is 37.4 Å². The molecule has 1 atom stereocenters. The fourth-order valence-electron chi connectivity index (χ4n) is 1.50. The lowest BCUT2D eigenvalue weighted by Gasteiger charge is -2.20. The van der Waals surface area contributed by atoms with Crippen molar-refractivity contribution in [1.82, 2.24) is 4.90 Å². The molecule has 0 N–H and O–H groups in total. The van der Waals surface area contributed by atoms with E-state index in [1.54, 1.807) is 11.8 Å². The summed E-state index contributed by atoms with van der Waals surface area (Å²) < 4.78 is 0. The highest BCUT2D eigenvalue weighted by atomic mass is 35.5. The minimum Gasteiger partial charge on any atom is -0.331 e. The summed E-state index contributed by atoms with van der Waals surface area (Å²) in [6.07, 6.45) is 2.05. The van der Waals surface area contributed by atoms with Gasteiger partial charge in [-0.1, -0.05) is 6.92 Å². The van der Waals surface area contributed by atoms with Gasteiger partial charge in [0.25, 0.3) is 0 Å². The van der Waals surface area contributed by atoms with Crippen molar-refractivity contribution in [1.29, 1.82) is 0 Å². The second kappa shape index (κ2) is 3.90. The number of hydrogen-bond donors (Lipinski definition) is 0. The van der Waals surface area contributed by atoms with E-state index >= 15 is 0 Å². The van der Waals surface area contributed by atoms with Crippen molar-refractivity contribution < 1.29 is 9.59 Å². The molecule has 4 heteroatoms. The van der Waals surface area contributed by atoms with E-state index in [1.165, 1.54) is 0 Å². The smallest absolute Gasteiger partial charge is 0.244 e. The minimum absolute atomic E-state index is 0.0199. The number of hydrogen-bond acceptors (Lipinski definition) is 2. The van der Waals surface area contributed by atoms with Crippen molar-refractivity contribution in [2.45, 2.75) is 32.2 Å². The van der Waals surface area contributed by atoms with Crippen LogP contribution < -0.4 is 0 Å². The standard InChI is InChI=1S/C8H12ClNO2/c1-2-7(11)10-5-3-4-6(10)8(9)12/h6H,2-5H2,1H3. The molecule has 0 aromatic carbocycles. The Morgan fingerprint density at radius 1 is 1.58 bits per heavy atom. The summed E-state index contributed by atoms with van der Waals surface area (Å²) in [5, 5.41) is -0.408. The molecule has 0 bridgehead atoms. The van der Waals surface area contributed by atoms with Crippen LogP contribution in [0, 0.1) is 0 Å². The van der Waals surface area contributed by atoms with Gasteiger partial charge < -0.3 is 4.90 Å². The largest absolute Gasteiger partial charge is 0.331 e. The molecule has 1 aliphatic rings. The Hall–Kier alpha value is -0.570. The second-order valence-corrected chi connectivity index (χ2v) is 3.28. The third-order valence-electron chi connectivity index (χ3n) is 2.14. The average Bonchev–Trinajstić information content (AvgIpc) is 2.50. The van der Waals surface area contributed by atoms with E-state index in [1.807, 2.05) is 0 Å². The molecule has 68 valence electrons. The normalized spacial score (nSPS) is 22.8. The summed E-state index contributed by atoms with van der Waals surface area (Å²) >= 11 is 5.35. The van der Waals surface area contributed by atoms with Crippen LogP contribution in [0.5, 0.6) is 0 Å². The maximum Gasteiger partial charge on any atom is 0.244 e. The first-order valence-electron chi connectivity index (χ1n) is 4.15. The van der Waals surface area contributed by atoms with E-state index in [0.717, 1.165) is 6.42 Å². The number of carbonyl (C=O) groups excluding carboxylic acids is 2. The van der Waals surface area contributed by atoms with Gasteiger partial charge in [-0.05, 0) is 24.4 Å². The fraction of sp³-hybridized carbons (Fsp3) is 0.750. The quantitative estimate of drug-likeness (QED) is 0.612. The number of halogens is 1. The molecule has 3 nitrogen and oxygen atoms in total. The lowest BCUT2D eigenvalue weighted by molar-refractivity contribution is -0.135. The third-order valence-corrected chi connectivity index (χ3v) is 2.39. The van der Waals surface area contributed by atoms with Crippen LogP contribution in [0.15, 0.2) is 0 Å². The molecule has 1 saturated heterocycles. The summed E-state index contributed by atoms with van der Waals surface area (Å²) in [5.74, 6) is 0.0199. The summed E-state index contributed by atoms with van der Waals surface area (Å²) in [6.45, 7) is 2.46. The van der Waals surface area contributed by atoms with Gasteiger partial charge >= 0.3 is 0 Å². The second-order valence-electron chi connectivity index (χ2n) is 2.90. The van der Waals surface area contributed by atoms with Gasteiger partial charge in [0.05, 0.1) is 0 Å². The van der Waals surface area contributed by atoms with E-state index in [4.69, 9.17) is 11.6 Å². The Kier molecular flexibility index (Phi) is 3.09. The van der Waals surface area contributed by atoms with Gasteiger partial charge in [0.15, 0.2) is 0 Å². The van der Waals surface area contributed by atoms with Crippen molar-refractivity contribution >= 4 is 22.8 Å². The van der Waals surface area contributed by atoms with E-state index in [0.29, 0.717) is 19.4 Å². The fourth-order valence-corrected chi connectivity index (χ4v) is 1.73. The van der Waals surface area contributed by atoms with E-state index in [2.05, 4.69) is 0 Å². The first-order valence-corrected chi connectivity index (χ1v) is 4.53. The SMILES string of the molecule is CCC(=O)N1CCCC1C(=O)Cl. The van der Waals surface area contributed by atoms with Crippen LogP contribution in [-0.4, -0.2) is 28.6 Å². The predicted octanol–water partition coefficient (Wildman–Crippen LogP) is 1.15. The van der Waals surface area contributed by atoms with Gasteiger partial charge in [-0.3, -0.25) is 9.59 Å². The first kappa shape index (κ1) is 9.52. The van der Waals surface area contributed by atoms with Gasteiger partial charge in [0.2, 0.25) is 11.1 Å². The maximum absolute atomic E-state index is 11.2. The number of amides is 1. The van der Waals surface area contributed by atoms with Crippen LogP contribution in [0.3, 0.4) is 0 Å². The molecule has 12 heavy (non-hydrogen) atoms. The zero-order chi connectivity index (χ0) is 9.14. The van der Waals surface area contributed by atoms with Gasteiger partial charge in [-0.2, -0.15) is 0 Å². The number of likely N-dealkylation sites (tertiary alicyclic amines) is 1. The maximum atomic E-state index is 11.2. The van der Waals surface area contributed by atoms with E-state index in [-0.39, 0.29) is 11.9 Å². The first-order chi connectivity index (χ1) is 5.66. The average molecular weight is 190 g/mol. The molecule has 0 aromatic rings. The predicted molar refractivity (Wildman–Crippen MR) is 45.9 cm³/mol. The lowest BCUT2D eigenvalue weighted by atomic mass is 10.2. The van der Waals surface area contributed by atoms with Gasteiger partial charge in [0.1, 0.15) is 6.04 Å². The summed E-state index contributed by atoms with van der Waals surface area (Å²) in [6, 6.07) is -0.362. The van der Waals surface area contributed by atoms with Crippen LogP contribution in [-0.2, 0) is 9.59 Å². The summed E-state index contributed by atoms with van der Waals surface area (Å²) in [5.41, 5.74) is 0. The zero-order valence-corrected chi connectivity index (χ0v) is 7.80. The molecule has 0 radical (unpaired) electrons. The lowest BCUT2D eigenvalue weighted by Crippen LogP contribution is -2.38. The van der Waals surface area contributed by atoms with E-state index in [9.17, 15) is 9.59 Å². The Labute approximate surface area is 76.7 Å². The molecule has 1 heterocycles. The summed E-state index contributed by atoms with van der Waals surface area (Å²) in [7, 11) is 0. The Morgan fingerprint density at radius 3 is 2.75 bits per heavy atom. The number of rotatable bonds is 2. The molecule has 1 unspecified atom stereocenters. The molecule has 0 spiro atoms. The molecule has 0 aliphatic carbocycles. The number of nitrogens with zero attached hydrogens (tertiary/aromatic N) is 1. The van der Waals surface area contributed by atoms with Crippen LogP contribution in [0.1, 0.15) is 26.2 Å². The van der Waals surface area contributed by atoms with Crippen molar-refractivity contribution in [2.24, 2.45) is 0 Å². The van der Waals surface area contributed by atoms with Gasteiger partial charge in [-0.15, -0.1) is 0 Å². The highest BCUT2D eigenvalue weighted by Gasteiger charge is 2.31. The third kappa shape index (κ3) is 1.78. The molecular formula is C8H12ClNO2. The molecular weight excluding hydrogens is 178 g/mol. The Bertz CT molecular complexity index is 205. The van der Waals surface area contributed by atoms with Crippen LogP contribution in [0.25, 0.3) is 0 Å². The van der Waals surface area contributed by atoms with Gasteiger partial charge in [0, 0.05) is 13.0 Å². The number of carbonyl (C=O) groups is 2. The minimum atomic E-state index is -0.408. The molecule has 1 fully saturated rings. The molecule has 1 aliphatic heterocycles. The van der Waals surface area contributed by atoms with Crippen LogP contribution in [0.4, 0.5) is 0 Å². The Morgan fingerprint density at radius 2 is 2.25 bits per heavy atom. The highest BCUT2D eigenvalue weighted by Crippen LogP contribution is 2.19. The zero-order valence-electron chi connectivity index (χ0n) is 7.05. The molecule has 0 aromatic heterocycles. The van der Waals surface area contributed by atoms with Crippen LogP contribution in [0.2, 0.25) is 0 Å².